The van der Waals surface area contributed by atoms with Crippen molar-refractivity contribution in [3.05, 3.63) is 77.0 Å². The van der Waals surface area contributed by atoms with Crippen molar-refractivity contribution < 1.29 is 8.81 Å². The van der Waals surface area contributed by atoms with Gasteiger partial charge in [0.25, 0.3) is 0 Å². The Bertz CT molecular complexity index is 841. The molecule has 0 radical (unpaired) electrons. The van der Waals surface area contributed by atoms with Crippen molar-refractivity contribution in [2.75, 3.05) is 0 Å². The first-order valence-electron chi connectivity index (χ1n) is 8.36. The van der Waals surface area contributed by atoms with E-state index in [9.17, 15) is 4.39 Å². The van der Waals surface area contributed by atoms with Crippen LogP contribution in [-0.2, 0) is 13.1 Å². The lowest BCUT2D eigenvalue weighted by Gasteiger charge is -2.20. The van der Waals surface area contributed by atoms with Crippen molar-refractivity contribution in [1.82, 2.24) is 9.88 Å². The van der Waals surface area contributed by atoms with Crippen LogP contribution in [0.15, 0.2) is 59.1 Å². The molecule has 128 valence electrons. The number of oxazole rings is 1. The predicted octanol–water partition coefficient (Wildman–Crippen LogP) is 5.30. The zero-order chi connectivity index (χ0) is 17.2. The average Bonchev–Trinajstić information content (AvgIpc) is 3.36. The fourth-order valence-electron chi connectivity index (χ4n) is 2.88. The highest BCUT2D eigenvalue weighted by Gasteiger charge is 2.30. The number of aromatic nitrogens is 1. The maximum Gasteiger partial charge on any atom is 0.209 e. The average molecular weight is 357 g/mol. The molecule has 0 spiro atoms. The van der Waals surface area contributed by atoms with Crippen molar-refractivity contribution in [2.24, 2.45) is 0 Å². The van der Waals surface area contributed by atoms with Crippen molar-refractivity contribution in [3.63, 3.8) is 0 Å². The van der Waals surface area contributed by atoms with E-state index in [-0.39, 0.29) is 5.82 Å². The maximum absolute atomic E-state index is 13.1. The quantitative estimate of drug-likeness (QED) is 0.600. The Morgan fingerprint density at radius 1 is 1.04 bits per heavy atom. The van der Waals surface area contributed by atoms with Crippen molar-refractivity contribution >= 4 is 11.6 Å². The molecule has 5 heteroatoms. The van der Waals surface area contributed by atoms with E-state index in [4.69, 9.17) is 16.0 Å². The molecular formula is C20H18ClFN2O. The molecule has 0 bridgehead atoms. The minimum atomic E-state index is -0.206. The van der Waals surface area contributed by atoms with Gasteiger partial charge in [0.05, 0.1) is 12.7 Å². The van der Waals surface area contributed by atoms with Crippen LogP contribution in [-0.4, -0.2) is 15.9 Å². The number of hydrogen-bond donors (Lipinski definition) is 0. The molecule has 4 rings (SSSR count). The second kappa shape index (κ2) is 6.98. The van der Waals surface area contributed by atoms with Gasteiger partial charge in [-0.15, -0.1) is 0 Å². The van der Waals surface area contributed by atoms with Crippen molar-refractivity contribution in [3.8, 4) is 11.3 Å². The van der Waals surface area contributed by atoms with Gasteiger partial charge in [-0.2, -0.15) is 0 Å². The molecular weight excluding hydrogens is 339 g/mol. The summed E-state index contributed by atoms with van der Waals surface area (Å²) in [5, 5.41) is 0.697. The molecule has 1 aliphatic carbocycles. The third kappa shape index (κ3) is 4.09. The van der Waals surface area contributed by atoms with E-state index in [0.717, 1.165) is 23.4 Å². The molecule has 3 nitrogen and oxygen atoms in total. The summed E-state index contributed by atoms with van der Waals surface area (Å²) in [6, 6.07) is 14.7. The second-order valence-electron chi connectivity index (χ2n) is 6.39. The van der Waals surface area contributed by atoms with E-state index in [0.29, 0.717) is 23.5 Å². The van der Waals surface area contributed by atoms with Crippen molar-refractivity contribution in [2.45, 2.75) is 32.0 Å². The van der Waals surface area contributed by atoms with E-state index >= 15 is 0 Å². The summed E-state index contributed by atoms with van der Waals surface area (Å²) in [5.41, 5.74) is 2.05. The second-order valence-corrected chi connectivity index (χ2v) is 6.82. The molecule has 0 amide bonds. The Morgan fingerprint density at radius 2 is 1.76 bits per heavy atom. The summed E-state index contributed by atoms with van der Waals surface area (Å²) in [5.74, 6) is 1.23. The lowest BCUT2D eigenvalue weighted by molar-refractivity contribution is 0.221. The molecule has 25 heavy (non-hydrogen) atoms. The van der Waals surface area contributed by atoms with Gasteiger partial charge in [-0.05, 0) is 54.8 Å². The summed E-state index contributed by atoms with van der Waals surface area (Å²) < 4.78 is 19.0. The normalized spacial score (nSPS) is 14.2. The van der Waals surface area contributed by atoms with E-state index in [1.807, 2.05) is 36.4 Å². The smallest absolute Gasteiger partial charge is 0.209 e. The minimum absolute atomic E-state index is 0.206. The van der Waals surface area contributed by atoms with Crippen LogP contribution in [0.5, 0.6) is 0 Å². The minimum Gasteiger partial charge on any atom is -0.439 e. The third-order valence-corrected chi connectivity index (χ3v) is 4.63. The lowest BCUT2D eigenvalue weighted by Crippen LogP contribution is -2.25. The van der Waals surface area contributed by atoms with Crippen molar-refractivity contribution in [1.29, 1.82) is 0 Å². The summed E-state index contributed by atoms with van der Waals surface area (Å²) in [6.07, 6.45) is 4.12. The van der Waals surface area contributed by atoms with E-state index in [2.05, 4.69) is 9.88 Å². The van der Waals surface area contributed by atoms with Gasteiger partial charge in [-0.3, -0.25) is 4.90 Å². The summed E-state index contributed by atoms with van der Waals surface area (Å²) in [6.45, 7) is 1.42. The van der Waals surface area contributed by atoms with Gasteiger partial charge in [0, 0.05) is 23.2 Å². The van der Waals surface area contributed by atoms with Crippen LogP contribution >= 0.6 is 11.6 Å². The molecule has 1 aliphatic rings. The summed E-state index contributed by atoms with van der Waals surface area (Å²) in [7, 11) is 0. The third-order valence-electron chi connectivity index (χ3n) is 4.38. The van der Waals surface area contributed by atoms with Crippen LogP contribution in [0.4, 0.5) is 4.39 Å². The largest absolute Gasteiger partial charge is 0.439 e. The highest BCUT2D eigenvalue weighted by atomic mass is 35.5. The Labute approximate surface area is 151 Å². The maximum atomic E-state index is 13.1. The molecule has 1 aromatic heterocycles. The number of benzene rings is 2. The molecule has 2 aromatic carbocycles. The summed E-state index contributed by atoms with van der Waals surface area (Å²) >= 11 is 5.93. The van der Waals surface area contributed by atoms with E-state index in [1.165, 1.54) is 25.0 Å². The highest BCUT2D eigenvalue weighted by Crippen LogP contribution is 2.30. The first-order valence-corrected chi connectivity index (χ1v) is 8.74. The first-order chi connectivity index (χ1) is 12.2. The molecule has 1 saturated carbocycles. The number of hydrogen-bond acceptors (Lipinski definition) is 3. The van der Waals surface area contributed by atoms with Crippen LogP contribution < -0.4 is 0 Å². The Balaban J connectivity index is 1.47. The van der Waals surface area contributed by atoms with E-state index in [1.54, 1.807) is 6.20 Å². The van der Waals surface area contributed by atoms with Crippen LogP contribution in [0.2, 0.25) is 5.02 Å². The Hall–Kier alpha value is -2.17. The zero-order valence-corrected chi connectivity index (χ0v) is 14.4. The molecule has 0 unspecified atom stereocenters. The molecule has 0 N–H and O–H groups in total. The van der Waals surface area contributed by atoms with E-state index < -0.39 is 0 Å². The van der Waals surface area contributed by atoms with Gasteiger partial charge in [0.2, 0.25) is 5.89 Å². The number of halogens is 2. The lowest BCUT2D eigenvalue weighted by atomic mass is 10.2. The number of nitrogens with zero attached hydrogens (tertiary/aromatic N) is 2. The van der Waals surface area contributed by atoms with Gasteiger partial charge >= 0.3 is 0 Å². The molecule has 0 saturated heterocycles. The van der Waals surface area contributed by atoms with Gasteiger partial charge < -0.3 is 4.42 Å². The van der Waals surface area contributed by atoms with Gasteiger partial charge in [0.1, 0.15) is 5.82 Å². The summed E-state index contributed by atoms with van der Waals surface area (Å²) in [4.78, 5) is 6.76. The van der Waals surface area contributed by atoms with Gasteiger partial charge in [-0.1, -0.05) is 23.7 Å². The SMILES string of the molecule is Fc1ccc(CN(Cc2ncc(-c3ccc(Cl)cc3)o2)C2CC2)cc1. The predicted molar refractivity (Wildman–Crippen MR) is 95.6 cm³/mol. The number of rotatable bonds is 6. The van der Waals surface area contributed by atoms with Gasteiger partial charge in [-0.25, -0.2) is 9.37 Å². The van der Waals surface area contributed by atoms with Crippen LogP contribution in [0.3, 0.4) is 0 Å². The molecule has 1 heterocycles. The monoisotopic (exact) mass is 356 g/mol. The molecule has 0 aliphatic heterocycles. The fourth-order valence-corrected chi connectivity index (χ4v) is 3.01. The Morgan fingerprint density at radius 3 is 2.44 bits per heavy atom. The molecule has 3 aromatic rings. The first kappa shape index (κ1) is 16.3. The zero-order valence-electron chi connectivity index (χ0n) is 13.7. The van der Waals surface area contributed by atoms with Crippen LogP contribution in [0.25, 0.3) is 11.3 Å². The topological polar surface area (TPSA) is 29.3 Å². The fraction of sp³-hybridized carbons (Fsp3) is 0.250. The highest BCUT2D eigenvalue weighted by molar-refractivity contribution is 6.30. The molecule has 1 fully saturated rings. The Kier molecular flexibility index (Phi) is 4.55. The van der Waals surface area contributed by atoms with Gasteiger partial charge in [0.15, 0.2) is 5.76 Å². The molecule has 0 atom stereocenters. The van der Waals surface area contributed by atoms with Crippen LogP contribution in [0.1, 0.15) is 24.3 Å². The van der Waals surface area contributed by atoms with Crippen LogP contribution in [0, 0.1) is 5.82 Å². The standard InChI is InChI=1S/C20H18ClFN2O/c21-16-5-3-15(4-6-16)19-11-23-20(25-19)13-24(18-9-10-18)12-14-1-7-17(22)8-2-14/h1-8,11,18H,9-10,12-13H2.